The Morgan fingerprint density at radius 3 is 2.00 bits per heavy atom. The third-order valence-electron chi connectivity index (χ3n) is 6.72. The fraction of sp³-hybridized carbons (Fsp3) is 0.905. The SMILES string of the molecule is CC(C)C(C)CC(=O)N1C[C@@H]2CCCN(C(=O)CC(C)C(C)C)[C@@H]2C1. The van der Waals surface area contributed by atoms with Crippen molar-refractivity contribution in [2.24, 2.45) is 29.6 Å². The number of fused-ring (bicyclic) bond motifs is 1. The van der Waals surface area contributed by atoms with Crippen LogP contribution in [0.2, 0.25) is 0 Å². The van der Waals surface area contributed by atoms with Crippen molar-refractivity contribution in [2.75, 3.05) is 19.6 Å². The number of likely N-dealkylation sites (tertiary alicyclic amines) is 2. The van der Waals surface area contributed by atoms with Gasteiger partial charge in [0, 0.05) is 32.5 Å². The highest BCUT2D eigenvalue weighted by Gasteiger charge is 2.42. The number of carbonyl (C=O) groups is 2. The lowest BCUT2D eigenvalue weighted by molar-refractivity contribution is -0.137. The van der Waals surface area contributed by atoms with Gasteiger partial charge in [-0.25, -0.2) is 0 Å². The van der Waals surface area contributed by atoms with Gasteiger partial charge in [-0.2, -0.15) is 0 Å². The maximum Gasteiger partial charge on any atom is 0.223 e. The van der Waals surface area contributed by atoms with Gasteiger partial charge in [0.15, 0.2) is 0 Å². The van der Waals surface area contributed by atoms with Crippen molar-refractivity contribution in [1.29, 1.82) is 0 Å². The number of nitrogens with zero attached hydrogens (tertiary/aromatic N) is 2. The molecule has 0 saturated carbocycles. The summed E-state index contributed by atoms with van der Waals surface area (Å²) in [6.07, 6.45) is 3.50. The minimum Gasteiger partial charge on any atom is -0.340 e. The van der Waals surface area contributed by atoms with Crippen LogP contribution in [0.4, 0.5) is 0 Å². The van der Waals surface area contributed by atoms with E-state index >= 15 is 0 Å². The van der Waals surface area contributed by atoms with Crippen LogP contribution in [-0.2, 0) is 9.59 Å². The normalized spacial score (nSPS) is 26.1. The first-order chi connectivity index (χ1) is 11.7. The molecule has 0 aliphatic carbocycles. The van der Waals surface area contributed by atoms with Crippen LogP contribution in [0.3, 0.4) is 0 Å². The number of hydrogen-bond donors (Lipinski definition) is 0. The monoisotopic (exact) mass is 350 g/mol. The first-order valence-corrected chi connectivity index (χ1v) is 10.3. The van der Waals surface area contributed by atoms with Crippen molar-refractivity contribution in [3.05, 3.63) is 0 Å². The largest absolute Gasteiger partial charge is 0.340 e. The minimum atomic E-state index is 0.249. The lowest BCUT2D eigenvalue weighted by Gasteiger charge is -2.37. The van der Waals surface area contributed by atoms with Gasteiger partial charge in [-0.3, -0.25) is 9.59 Å². The summed E-state index contributed by atoms with van der Waals surface area (Å²) in [4.78, 5) is 29.6. The molecule has 144 valence electrons. The highest BCUT2D eigenvalue weighted by Crippen LogP contribution is 2.32. The minimum absolute atomic E-state index is 0.249. The van der Waals surface area contributed by atoms with Gasteiger partial charge in [0.2, 0.25) is 11.8 Å². The van der Waals surface area contributed by atoms with Crippen LogP contribution in [0.1, 0.15) is 67.2 Å². The predicted molar refractivity (Wildman–Crippen MR) is 102 cm³/mol. The zero-order valence-corrected chi connectivity index (χ0v) is 17.1. The van der Waals surface area contributed by atoms with Gasteiger partial charge in [-0.15, -0.1) is 0 Å². The van der Waals surface area contributed by atoms with Crippen LogP contribution < -0.4 is 0 Å². The predicted octanol–water partition coefficient (Wildman–Crippen LogP) is 3.80. The summed E-state index contributed by atoms with van der Waals surface area (Å²) < 4.78 is 0. The Bertz CT molecular complexity index is 475. The summed E-state index contributed by atoms with van der Waals surface area (Å²) in [5.74, 6) is 2.94. The summed E-state index contributed by atoms with van der Waals surface area (Å²) in [5, 5.41) is 0. The number of amides is 2. The van der Waals surface area contributed by atoms with Crippen molar-refractivity contribution < 1.29 is 9.59 Å². The van der Waals surface area contributed by atoms with Crippen molar-refractivity contribution in [3.63, 3.8) is 0 Å². The summed E-state index contributed by atoms with van der Waals surface area (Å²) in [6.45, 7) is 15.5. The first-order valence-electron chi connectivity index (χ1n) is 10.3. The van der Waals surface area contributed by atoms with Crippen LogP contribution in [-0.4, -0.2) is 47.3 Å². The Hall–Kier alpha value is -1.06. The Balaban J connectivity index is 1.97. The molecule has 2 heterocycles. The number of carbonyl (C=O) groups excluding carboxylic acids is 2. The van der Waals surface area contributed by atoms with E-state index in [0.717, 1.165) is 32.5 Å². The number of piperidine rings is 1. The third kappa shape index (κ3) is 4.98. The first kappa shape index (κ1) is 20.3. The Morgan fingerprint density at radius 2 is 1.44 bits per heavy atom. The molecule has 0 aromatic rings. The number of rotatable bonds is 6. The Kier molecular flexibility index (Phi) is 6.93. The molecular formula is C21H38N2O2. The van der Waals surface area contributed by atoms with E-state index in [1.165, 1.54) is 0 Å². The molecule has 2 aliphatic rings. The van der Waals surface area contributed by atoms with Crippen molar-refractivity contribution in [2.45, 2.75) is 73.3 Å². The van der Waals surface area contributed by atoms with Crippen LogP contribution in [0, 0.1) is 29.6 Å². The van der Waals surface area contributed by atoms with Crippen LogP contribution >= 0.6 is 0 Å². The van der Waals surface area contributed by atoms with Gasteiger partial charge < -0.3 is 9.80 Å². The molecule has 2 amide bonds. The van der Waals surface area contributed by atoms with Gasteiger partial charge in [0.1, 0.15) is 0 Å². The zero-order valence-electron chi connectivity index (χ0n) is 17.1. The second kappa shape index (κ2) is 8.55. The molecule has 2 aliphatic heterocycles. The van der Waals surface area contributed by atoms with Crippen LogP contribution in [0.15, 0.2) is 0 Å². The topological polar surface area (TPSA) is 40.6 Å². The lowest BCUT2D eigenvalue weighted by atomic mass is 9.89. The second-order valence-corrected chi connectivity index (χ2v) is 9.21. The van der Waals surface area contributed by atoms with E-state index in [1.807, 2.05) is 4.90 Å². The maximum absolute atomic E-state index is 12.8. The quantitative estimate of drug-likeness (QED) is 0.731. The van der Waals surface area contributed by atoms with E-state index in [-0.39, 0.29) is 11.9 Å². The number of hydrogen-bond acceptors (Lipinski definition) is 2. The average molecular weight is 351 g/mol. The molecule has 4 atom stereocenters. The van der Waals surface area contributed by atoms with E-state index in [0.29, 0.717) is 48.3 Å². The molecule has 0 bridgehead atoms. The van der Waals surface area contributed by atoms with Gasteiger partial charge in [0.05, 0.1) is 6.04 Å². The van der Waals surface area contributed by atoms with E-state index < -0.39 is 0 Å². The zero-order chi connectivity index (χ0) is 18.7. The molecule has 0 aromatic heterocycles. The fourth-order valence-electron chi connectivity index (χ4n) is 3.96. The molecule has 0 aromatic carbocycles. The van der Waals surface area contributed by atoms with Crippen LogP contribution in [0.5, 0.6) is 0 Å². The van der Waals surface area contributed by atoms with E-state index in [2.05, 4.69) is 46.4 Å². The highest BCUT2D eigenvalue weighted by atomic mass is 16.2. The summed E-state index contributed by atoms with van der Waals surface area (Å²) in [5.41, 5.74) is 0. The summed E-state index contributed by atoms with van der Waals surface area (Å²) >= 11 is 0. The van der Waals surface area contributed by atoms with Gasteiger partial charge in [0.25, 0.3) is 0 Å². The molecule has 25 heavy (non-hydrogen) atoms. The summed E-state index contributed by atoms with van der Waals surface area (Å²) in [6, 6.07) is 0.249. The summed E-state index contributed by atoms with van der Waals surface area (Å²) in [7, 11) is 0. The Morgan fingerprint density at radius 1 is 0.880 bits per heavy atom. The highest BCUT2D eigenvalue weighted by molar-refractivity contribution is 5.79. The molecule has 2 fully saturated rings. The standard InChI is InChI=1S/C21H38N2O2/c1-14(2)16(5)10-20(24)22-12-18-8-7-9-23(19(18)13-22)21(25)11-17(6)15(3)4/h14-19H,7-13H2,1-6H3/t16?,17?,18-,19+/m0/s1. The molecule has 0 N–H and O–H groups in total. The second-order valence-electron chi connectivity index (χ2n) is 9.21. The third-order valence-corrected chi connectivity index (χ3v) is 6.72. The lowest BCUT2D eigenvalue weighted by Crippen LogP contribution is -2.49. The maximum atomic E-state index is 12.8. The van der Waals surface area contributed by atoms with E-state index in [1.54, 1.807) is 0 Å². The fourth-order valence-corrected chi connectivity index (χ4v) is 3.96. The molecule has 0 radical (unpaired) electrons. The molecule has 0 spiro atoms. The van der Waals surface area contributed by atoms with E-state index in [4.69, 9.17) is 0 Å². The van der Waals surface area contributed by atoms with Crippen molar-refractivity contribution in [1.82, 2.24) is 9.80 Å². The van der Waals surface area contributed by atoms with Crippen molar-refractivity contribution >= 4 is 11.8 Å². The van der Waals surface area contributed by atoms with Crippen molar-refractivity contribution in [3.8, 4) is 0 Å². The molecule has 4 heteroatoms. The molecule has 4 nitrogen and oxygen atoms in total. The molecular weight excluding hydrogens is 312 g/mol. The van der Waals surface area contributed by atoms with Gasteiger partial charge >= 0.3 is 0 Å². The molecule has 2 unspecified atom stereocenters. The molecule has 2 saturated heterocycles. The smallest absolute Gasteiger partial charge is 0.223 e. The van der Waals surface area contributed by atoms with Gasteiger partial charge in [-0.1, -0.05) is 41.5 Å². The molecule has 2 rings (SSSR count). The Labute approximate surface area is 154 Å². The average Bonchev–Trinajstić information content (AvgIpc) is 2.98. The van der Waals surface area contributed by atoms with E-state index in [9.17, 15) is 9.59 Å². The van der Waals surface area contributed by atoms with Crippen LogP contribution in [0.25, 0.3) is 0 Å². The van der Waals surface area contributed by atoms with Gasteiger partial charge in [-0.05, 0) is 42.4 Å².